The number of aliphatic hydroxyl groups is 5. The summed E-state index contributed by atoms with van der Waals surface area (Å²) < 4.78 is 5.56. The molecule has 9 atom stereocenters. The molecular formula is C28H38O8. The number of carbonyl (C=O) groups excluding carboxylic acids is 2. The van der Waals surface area contributed by atoms with E-state index in [4.69, 9.17) is 4.74 Å². The Hall–Kier alpha value is -1.84. The van der Waals surface area contributed by atoms with E-state index in [1.54, 1.807) is 13.8 Å². The second-order valence-electron chi connectivity index (χ2n) is 12.3. The van der Waals surface area contributed by atoms with Crippen molar-refractivity contribution in [1.29, 1.82) is 0 Å². The van der Waals surface area contributed by atoms with Crippen LogP contribution in [-0.2, 0) is 14.3 Å². The van der Waals surface area contributed by atoms with E-state index < -0.39 is 45.8 Å². The van der Waals surface area contributed by atoms with E-state index in [0.29, 0.717) is 36.0 Å². The fourth-order valence-corrected chi connectivity index (χ4v) is 8.57. The highest BCUT2D eigenvalue weighted by Crippen LogP contribution is 2.70. The molecule has 4 aliphatic carbocycles. The Labute approximate surface area is 211 Å². The molecule has 0 saturated heterocycles. The third kappa shape index (κ3) is 2.88. The topological polar surface area (TPSA) is 145 Å². The van der Waals surface area contributed by atoms with Crippen LogP contribution in [0.15, 0.2) is 34.9 Å². The van der Waals surface area contributed by atoms with E-state index in [9.17, 15) is 35.1 Å². The molecule has 0 amide bonds. The van der Waals surface area contributed by atoms with Crippen LogP contribution in [0.4, 0.5) is 0 Å². The lowest BCUT2D eigenvalue weighted by Crippen LogP contribution is -2.72. The molecule has 0 aromatic carbocycles. The molecule has 0 radical (unpaired) electrons. The van der Waals surface area contributed by atoms with Gasteiger partial charge in [-0.3, -0.25) is 4.79 Å². The summed E-state index contributed by atoms with van der Waals surface area (Å²) in [6, 6.07) is 0. The molecule has 1 heterocycles. The fraction of sp³-hybridized carbons (Fsp3) is 0.714. The van der Waals surface area contributed by atoms with Gasteiger partial charge in [0.05, 0.1) is 23.7 Å². The first kappa shape index (κ1) is 25.8. The van der Waals surface area contributed by atoms with E-state index in [0.717, 1.165) is 0 Å². The predicted molar refractivity (Wildman–Crippen MR) is 129 cm³/mol. The summed E-state index contributed by atoms with van der Waals surface area (Å²) in [5, 5.41) is 56.9. The van der Waals surface area contributed by atoms with Crippen molar-refractivity contribution in [1.82, 2.24) is 0 Å². The van der Waals surface area contributed by atoms with E-state index in [-0.39, 0.29) is 43.5 Å². The van der Waals surface area contributed by atoms with Gasteiger partial charge >= 0.3 is 5.97 Å². The summed E-state index contributed by atoms with van der Waals surface area (Å²) in [6.45, 7) is 6.31. The Morgan fingerprint density at radius 1 is 1.14 bits per heavy atom. The molecule has 5 N–H and O–H groups in total. The number of cyclic esters (lactones) is 1. The van der Waals surface area contributed by atoms with Crippen molar-refractivity contribution in [2.75, 3.05) is 6.61 Å². The monoisotopic (exact) mass is 502 g/mol. The van der Waals surface area contributed by atoms with Crippen LogP contribution in [0.3, 0.4) is 0 Å². The molecule has 0 unspecified atom stereocenters. The summed E-state index contributed by atoms with van der Waals surface area (Å²) >= 11 is 0. The summed E-state index contributed by atoms with van der Waals surface area (Å²) in [4.78, 5) is 25.6. The number of aliphatic hydroxyl groups excluding tert-OH is 2. The van der Waals surface area contributed by atoms with Crippen molar-refractivity contribution in [3.05, 3.63) is 34.9 Å². The van der Waals surface area contributed by atoms with Crippen molar-refractivity contribution in [2.24, 2.45) is 22.7 Å². The van der Waals surface area contributed by atoms with Gasteiger partial charge < -0.3 is 30.3 Å². The summed E-state index contributed by atoms with van der Waals surface area (Å²) in [6.07, 6.45) is 4.59. The zero-order valence-electron chi connectivity index (χ0n) is 21.5. The van der Waals surface area contributed by atoms with Crippen molar-refractivity contribution in [2.45, 2.75) is 95.2 Å². The molecule has 5 rings (SSSR count). The number of carbonyl (C=O) groups is 2. The maximum Gasteiger partial charge on any atom is 0.334 e. The number of ether oxygens (including phenoxy) is 1. The number of ketones is 1. The van der Waals surface area contributed by atoms with Gasteiger partial charge in [-0.1, -0.05) is 13.0 Å². The standard InChI is InChI=1S/C28H38O8/c1-15-16(14-29)13-22(36-23(15)32)26(4,33)28(35)12-11-27(34)18-5-6-19-20(30)7-8-21(31)25(19,3)17(18)9-10-24(27,28)2/h6-8,17-18,20,22,29-30,33-35H,5,9-14H2,1-4H3/t17-,18+,20-,22+,24-,25+,26-,27+,28-/m0/s1. The second kappa shape index (κ2) is 7.84. The Balaban J connectivity index is 1.53. The zero-order valence-corrected chi connectivity index (χ0v) is 21.5. The van der Waals surface area contributed by atoms with Gasteiger partial charge in [0.2, 0.25) is 0 Å². The second-order valence-corrected chi connectivity index (χ2v) is 12.3. The molecule has 36 heavy (non-hydrogen) atoms. The molecular weight excluding hydrogens is 464 g/mol. The van der Waals surface area contributed by atoms with Gasteiger partial charge in [-0.2, -0.15) is 0 Å². The molecule has 8 nitrogen and oxygen atoms in total. The van der Waals surface area contributed by atoms with E-state index in [1.165, 1.54) is 19.1 Å². The fourth-order valence-electron chi connectivity index (χ4n) is 8.57. The minimum atomic E-state index is -1.91. The summed E-state index contributed by atoms with van der Waals surface area (Å²) in [7, 11) is 0. The van der Waals surface area contributed by atoms with Gasteiger partial charge in [0, 0.05) is 17.4 Å². The number of rotatable bonds is 3. The highest BCUT2D eigenvalue weighted by Gasteiger charge is 2.76. The Kier molecular flexibility index (Phi) is 5.61. The van der Waals surface area contributed by atoms with E-state index >= 15 is 0 Å². The molecule has 5 aliphatic rings. The van der Waals surface area contributed by atoms with Gasteiger partial charge in [0.1, 0.15) is 17.3 Å². The lowest BCUT2D eigenvalue weighted by Gasteiger charge is -2.63. The Bertz CT molecular complexity index is 1100. The van der Waals surface area contributed by atoms with Crippen molar-refractivity contribution in [3.63, 3.8) is 0 Å². The molecule has 8 heteroatoms. The Morgan fingerprint density at radius 3 is 2.50 bits per heavy atom. The number of fused-ring (bicyclic) bond motifs is 5. The van der Waals surface area contributed by atoms with Gasteiger partial charge in [-0.15, -0.1) is 0 Å². The van der Waals surface area contributed by atoms with Crippen LogP contribution in [0.1, 0.15) is 66.2 Å². The minimum absolute atomic E-state index is 0.0885. The summed E-state index contributed by atoms with van der Waals surface area (Å²) in [5.41, 5.74) is -5.74. The average Bonchev–Trinajstić information content (AvgIpc) is 3.06. The van der Waals surface area contributed by atoms with Crippen LogP contribution in [0.5, 0.6) is 0 Å². The number of esters is 1. The molecule has 0 bridgehead atoms. The number of allylic oxidation sites excluding steroid dienone is 2. The quantitative estimate of drug-likeness (QED) is 0.288. The molecule has 0 aromatic rings. The first-order chi connectivity index (χ1) is 16.7. The molecule has 2 saturated carbocycles. The molecule has 0 spiro atoms. The predicted octanol–water partition coefficient (Wildman–Crippen LogP) is 1.49. The SMILES string of the molecule is CC1=C(CO)C[C@H]([C@](C)(O)[C@]2(O)CC[C@@]3(O)[C@@H]4CC=C5[C@@H](O)C=CC(=O)[C@]5(C)[C@H]4CC[C@]23C)OC1=O. The highest BCUT2D eigenvalue weighted by atomic mass is 16.6. The van der Waals surface area contributed by atoms with E-state index in [2.05, 4.69) is 0 Å². The van der Waals surface area contributed by atoms with Crippen LogP contribution in [0.25, 0.3) is 0 Å². The smallest absolute Gasteiger partial charge is 0.334 e. The molecule has 2 fully saturated rings. The van der Waals surface area contributed by atoms with E-state index in [1.807, 2.05) is 13.0 Å². The first-order valence-corrected chi connectivity index (χ1v) is 13.0. The minimum Gasteiger partial charge on any atom is -0.455 e. The van der Waals surface area contributed by atoms with Gasteiger partial charge in [-0.05, 0) is 88.0 Å². The van der Waals surface area contributed by atoms with Crippen molar-refractivity contribution >= 4 is 11.8 Å². The van der Waals surface area contributed by atoms with Crippen molar-refractivity contribution < 1.29 is 39.9 Å². The highest BCUT2D eigenvalue weighted by molar-refractivity contribution is 5.99. The van der Waals surface area contributed by atoms with Crippen LogP contribution in [-0.4, -0.2) is 72.9 Å². The van der Waals surface area contributed by atoms with Crippen LogP contribution in [0, 0.1) is 22.7 Å². The van der Waals surface area contributed by atoms with Gasteiger partial charge in [-0.25, -0.2) is 4.79 Å². The van der Waals surface area contributed by atoms with Gasteiger partial charge in [0.15, 0.2) is 5.78 Å². The zero-order chi connectivity index (χ0) is 26.5. The third-order valence-corrected chi connectivity index (χ3v) is 11.2. The lowest BCUT2D eigenvalue weighted by atomic mass is 9.44. The summed E-state index contributed by atoms with van der Waals surface area (Å²) in [5.74, 6) is -1.31. The molecule has 0 aromatic heterocycles. The molecule has 198 valence electrons. The lowest BCUT2D eigenvalue weighted by molar-refractivity contribution is -0.279. The third-order valence-electron chi connectivity index (χ3n) is 11.2. The maximum atomic E-state index is 13.2. The van der Waals surface area contributed by atoms with Gasteiger partial charge in [0.25, 0.3) is 0 Å². The number of hydrogen-bond donors (Lipinski definition) is 5. The Morgan fingerprint density at radius 2 is 1.83 bits per heavy atom. The first-order valence-electron chi connectivity index (χ1n) is 13.0. The van der Waals surface area contributed by atoms with Crippen LogP contribution < -0.4 is 0 Å². The van der Waals surface area contributed by atoms with Crippen LogP contribution >= 0.6 is 0 Å². The van der Waals surface area contributed by atoms with Crippen LogP contribution in [0.2, 0.25) is 0 Å². The van der Waals surface area contributed by atoms with Crippen molar-refractivity contribution in [3.8, 4) is 0 Å². The average molecular weight is 503 g/mol. The largest absolute Gasteiger partial charge is 0.455 e. The molecule has 1 aliphatic heterocycles. The normalized spacial score (nSPS) is 48.0. The number of hydrogen-bond acceptors (Lipinski definition) is 8. The maximum absolute atomic E-state index is 13.2.